The van der Waals surface area contributed by atoms with Crippen molar-refractivity contribution in [2.24, 2.45) is 0 Å². The Labute approximate surface area is 103 Å². The van der Waals surface area contributed by atoms with Crippen molar-refractivity contribution in [3.8, 4) is 11.3 Å². The standard InChI is InChI=1S/C13H11NO4/c1-8-3-5-11(14(16)17)9(2)13(8)12-6-4-10(7-15)18-12/h3-7H,1-2H3. The van der Waals surface area contributed by atoms with Crippen molar-refractivity contribution in [1.29, 1.82) is 0 Å². The molecule has 92 valence electrons. The van der Waals surface area contributed by atoms with E-state index in [4.69, 9.17) is 4.42 Å². The van der Waals surface area contributed by atoms with Gasteiger partial charge in [-0.1, -0.05) is 6.07 Å². The van der Waals surface area contributed by atoms with Gasteiger partial charge >= 0.3 is 0 Å². The van der Waals surface area contributed by atoms with E-state index in [0.717, 1.165) is 5.56 Å². The summed E-state index contributed by atoms with van der Waals surface area (Å²) in [6, 6.07) is 6.32. The summed E-state index contributed by atoms with van der Waals surface area (Å²) in [6.45, 7) is 3.51. The molecule has 0 saturated carbocycles. The van der Waals surface area contributed by atoms with E-state index in [1.54, 1.807) is 25.1 Å². The molecule has 1 heterocycles. The van der Waals surface area contributed by atoms with Crippen LogP contribution >= 0.6 is 0 Å². The highest BCUT2D eigenvalue weighted by Gasteiger charge is 2.18. The van der Waals surface area contributed by atoms with Crippen LogP contribution in [0.5, 0.6) is 0 Å². The number of nitro groups is 1. The number of aldehydes is 1. The zero-order chi connectivity index (χ0) is 13.3. The largest absolute Gasteiger partial charge is 0.453 e. The maximum atomic E-state index is 10.9. The average Bonchev–Trinajstić information content (AvgIpc) is 2.77. The fourth-order valence-electron chi connectivity index (χ4n) is 1.96. The Bertz CT molecular complexity index is 628. The third-order valence-electron chi connectivity index (χ3n) is 2.83. The maximum Gasteiger partial charge on any atom is 0.273 e. The lowest BCUT2D eigenvalue weighted by Gasteiger charge is -2.07. The average molecular weight is 245 g/mol. The third-order valence-corrected chi connectivity index (χ3v) is 2.83. The number of aryl methyl sites for hydroxylation is 1. The van der Waals surface area contributed by atoms with Crippen LogP contribution in [0.15, 0.2) is 28.7 Å². The quantitative estimate of drug-likeness (QED) is 0.472. The first kappa shape index (κ1) is 12.0. The lowest BCUT2D eigenvalue weighted by Crippen LogP contribution is -1.95. The van der Waals surface area contributed by atoms with Gasteiger partial charge in [0.2, 0.25) is 0 Å². The fourth-order valence-corrected chi connectivity index (χ4v) is 1.96. The van der Waals surface area contributed by atoms with Crippen molar-refractivity contribution in [3.63, 3.8) is 0 Å². The molecule has 18 heavy (non-hydrogen) atoms. The summed E-state index contributed by atoms with van der Waals surface area (Å²) in [6.07, 6.45) is 0.603. The number of carbonyl (C=O) groups excluding carboxylic acids is 1. The van der Waals surface area contributed by atoms with E-state index in [-0.39, 0.29) is 11.4 Å². The van der Waals surface area contributed by atoms with Gasteiger partial charge < -0.3 is 4.42 Å². The maximum absolute atomic E-state index is 10.9. The molecule has 1 aromatic carbocycles. The van der Waals surface area contributed by atoms with Crippen LogP contribution in [-0.4, -0.2) is 11.2 Å². The van der Waals surface area contributed by atoms with Gasteiger partial charge in [-0.2, -0.15) is 0 Å². The molecule has 0 radical (unpaired) electrons. The highest BCUT2D eigenvalue weighted by molar-refractivity contribution is 5.75. The van der Waals surface area contributed by atoms with E-state index in [2.05, 4.69) is 0 Å². The Hall–Kier alpha value is -2.43. The first-order valence-electron chi connectivity index (χ1n) is 5.34. The molecule has 0 aliphatic rings. The number of nitro benzene ring substituents is 1. The first-order chi connectivity index (χ1) is 8.54. The smallest absolute Gasteiger partial charge is 0.273 e. The molecule has 0 aliphatic heterocycles. The molecule has 2 aromatic rings. The van der Waals surface area contributed by atoms with Crippen LogP contribution in [0, 0.1) is 24.0 Å². The van der Waals surface area contributed by atoms with Crippen LogP contribution < -0.4 is 0 Å². The minimum absolute atomic E-state index is 0.0413. The monoisotopic (exact) mass is 245 g/mol. The second-order valence-electron chi connectivity index (χ2n) is 3.98. The lowest BCUT2D eigenvalue weighted by molar-refractivity contribution is -0.385. The highest BCUT2D eigenvalue weighted by atomic mass is 16.6. The van der Waals surface area contributed by atoms with Crippen LogP contribution in [0.2, 0.25) is 0 Å². The molecule has 2 rings (SSSR count). The van der Waals surface area contributed by atoms with E-state index in [0.29, 0.717) is 23.2 Å². The number of hydrogen-bond acceptors (Lipinski definition) is 4. The number of nitrogens with zero attached hydrogens (tertiary/aromatic N) is 1. The summed E-state index contributed by atoms with van der Waals surface area (Å²) < 4.78 is 5.32. The lowest BCUT2D eigenvalue weighted by atomic mass is 9.99. The van der Waals surface area contributed by atoms with E-state index >= 15 is 0 Å². The van der Waals surface area contributed by atoms with Crippen molar-refractivity contribution in [3.05, 3.63) is 51.3 Å². The molecule has 0 N–H and O–H groups in total. The van der Waals surface area contributed by atoms with Crippen molar-refractivity contribution < 1.29 is 14.1 Å². The van der Waals surface area contributed by atoms with Crippen molar-refractivity contribution in [1.82, 2.24) is 0 Å². The molecule has 5 nitrogen and oxygen atoms in total. The molecular weight excluding hydrogens is 234 g/mol. The Morgan fingerprint density at radius 2 is 1.94 bits per heavy atom. The Balaban J connectivity index is 2.65. The predicted octanol–water partition coefficient (Wildman–Crippen LogP) is 3.28. The van der Waals surface area contributed by atoms with Crippen LogP contribution in [0.1, 0.15) is 21.7 Å². The minimum atomic E-state index is -0.429. The summed E-state index contributed by atoms with van der Waals surface area (Å²) in [5, 5.41) is 10.9. The molecule has 0 amide bonds. The summed E-state index contributed by atoms with van der Waals surface area (Å²) in [5.74, 6) is 0.672. The zero-order valence-electron chi connectivity index (χ0n) is 9.97. The SMILES string of the molecule is Cc1ccc([N+](=O)[O-])c(C)c1-c1ccc(C=O)o1. The zero-order valence-corrected chi connectivity index (χ0v) is 9.97. The predicted molar refractivity (Wildman–Crippen MR) is 65.7 cm³/mol. The van der Waals surface area contributed by atoms with Gasteiger partial charge in [0.05, 0.1) is 4.92 Å². The van der Waals surface area contributed by atoms with Crippen LogP contribution in [-0.2, 0) is 0 Å². The van der Waals surface area contributed by atoms with Gasteiger partial charge in [-0.3, -0.25) is 14.9 Å². The normalized spacial score (nSPS) is 10.3. The number of benzene rings is 1. The van der Waals surface area contributed by atoms with Gasteiger partial charge in [0.15, 0.2) is 12.0 Å². The molecular formula is C13H11NO4. The van der Waals surface area contributed by atoms with Crippen LogP contribution in [0.25, 0.3) is 11.3 Å². The second kappa shape index (κ2) is 4.44. The van der Waals surface area contributed by atoms with Crippen molar-refractivity contribution >= 4 is 12.0 Å². The van der Waals surface area contributed by atoms with Crippen molar-refractivity contribution in [2.45, 2.75) is 13.8 Å². The van der Waals surface area contributed by atoms with E-state index in [1.165, 1.54) is 6.07 Å². The summed E-state index contributed by atoms with van der Waals surface area (Å²) in [7, 11) is 0. The Morgan fingerprint density at radius 3 is 2.50 bits per heavy atom. The minimum Gasteiger partial charge on any atom is -0.453 e. The molecule has 0 unspecified atom stereocenters. The highest BCUT2D eigenvalue weighted by Crippen LogP contribution is 2.33. The molecule has 0 spiro atoms. The van der Waals surface area contributed by atoms with Gasteiger partial charge in [0, 0.05) is 17.2 Å². The molecule has 0 saturated heterocycles. The van der Waals surface area contributed by atoms with Crippen LogP contribution in [0.4, 0.5) is 5.69 Å². The third kappa shape index (κ3) is 1.90. The second-order valence-corrected chi connectivity index (χ2v) is 3.98. The number of rotatable bonds is 3. The van der Waals surface area contributed by atoms with Gasteiger partial charge in [-0.05, 0) is 31.5 Å². The summed E-state index contributed by atoms with van der Waals surface area (Å²) in [4.78, 5) is 21.1. The fraction of sp³-hybridized carbons (Fsp3) is 0.154. The van der Waals surface area contributed by atoms with E-state index in [9.17, 15) is 14.9 Å². The molecule has 5 heteroatoms. The number of carbonyl (C=O) groups is 1. The van der Waals surface area contributed by atoms with Crippen LogP contribution in [0.3, 0.4) is 0 Å². The molecule has 0 fully saturated rings. The topological polar surface area (TPSA) is 73.3 Å². The molecule has 1 aromatic heterocycles. The van der Waals surface area contributed by atoms with Gasteiger partial charge in [-0.15, -0.1) is 0 Å². The Kier molecular flexibility index (Phi) is 2.97. The van der Waals surface area contributed by atoms with Gasteiger partial charge in [0.25, 0.3) is 5.69 Å². The molecule has 0 aliphatic carbocycles. The van der Waals surface area contributed by atoms with Gasteiger partial charge in [0.1, 0.15) is 5.76 Å². The van der Waals surface area contributed by atoms with Crippen molar-refractivity contribution in [2.75, 3.05) is 0 Å². The Morgan fingerprint density at radius 1 is 1.22 bits per heavy atom. The first-order valence-corrected chi connectivity index (χ1v) is 5.34. The van der Waals surface area contributed by atoms with E-state index in [1.807, 2.05) is 6.92 Å². The summed E-state index contributed by atoms with van der Waals surface area (Å²) >= 11 is 0. The van der Waals surface area contributed by atoms with E-state index < -0.39 is 4.92 Å². The molecule has 0 bridgehead atoms. The number of furan rings is 1. The molecule has 0 atom stereocenters. The summed E-state index contributed by atoms with van der Waals surface area (Å²) in [5.41, 5.74) is 2.11. The number of hydrogen-bond donors (Lipinski definition) is 0. The van der Waals surface area contributed by atoms with Gasteiger partial charge in [-0.25, -0.2) is 0 Å².